The van der Waals surface area contributed by atoms with E-state index in [1.807, 2.05) is 6.07 Å². The fourth-order valence-electron chi connectivity index (χ4n) is 2.52. The second-order valence-corrected chi connectivity index (χ2v) is 5.36. The molecule has 1 aliphatic carbocycles. The lowest BCUT2D eigenvalue weighted by atomic mass is 9.85. The van der Waals surface area contributed by atoms with Gasteiger partial charge in [-0.3, -0.25) is 4.79 Å². The van der Waals surface area contributed by atoms with Gasteiger partial charge in [0.2, 0.25) is 5.91 Å². The molecule has 0 spiro atoms. The van der Waals surface area contributed by atoms with Crippen LogP contribution >= 0.6 is 11.6 Å². The summed E-state index contributed by atoms with van der Waals surface area (Å²) in [5.74, 6) is -0.0931. The summed E-state index contributed by atoms with van der Waals surface area (Å²) in [6, 6.07) is 6.84. The quantitative estimate of drug-likeness (QED) is 0.891. The van der Waals surface area contributed by atoms with Crippen molar-refractivity contribution >= 4 is 23.2 Å². The van der Waals surface area contributed by atoms with Gasteiger partial charge in [-0.15, -0.1) is 0 Å². The highest BCUT2D eigenvalue weighted by molar-refractivity contribution is 6.33. The van der Waals surface area contributed by atoms with Crippen LogP contribution in [0.1, 0.15) is 31.2 Å². The Morgan fingerprint density at radius 2 is 2.16 bits per heavy atom. The largest absolute Gasteiger partial charge is 0.329 e. The zero-order valence-corrected chi connectivity index (χ0v) is 11.3. The summed E-state index contributed by atoms with van der Waals surface area (Å²) in [4.78, 5) is 12.4. The number of anilines is 1. The molecule has 0 atom stereocenters. The molecule has 2 rings (SSSR count). The molecule has 1 amide bonds. The van der Waals surface area contributed by atoms with E-state index in [9.17, 15) is 4.79 Å². The van der Waals surface area contributed by atoms with Crippen LogP contribution in [0.2, 0.25) is 5.02 Å². The molecule has 0 radical (unpaired) electrons. The highest BCUT2D eigenvalue weighted by Gasteiger charge is 2.39. The standard InChI is InChI=1S/C14H16ClN3O/c15-11-4-3-10(8-16)7-12(11)18-13(19)14(9-17)5-1-2-6-14/h3-4,7H,1-2,5-6,9,17H2,(H,18,19). The fourth-order valence-corrected chi connectivity index (χ4v) is 2.69. The molecule has 4 nitrogen and oxygen atoms in total. The number of carbonyl (C=O) groups excluding carboxylic acids is 1. The van der Waals surface area contributed by atoms with Gasteiger partial charge in [-0.05, 0) is 31.0 Å². The number of rotatable bonds is 3. The number of benzene rings is 1. The molecule has 0 unspecified atom stereocenters. The minimum atomic E-state index is -0.480. The van der Waals surface area contributed by atoms with Gasteiger partial charge in [0.15, 0.2) is 0 Å². The van der Waals surface area contributed by atoms with Gasteiger partial charge in [0, 0.05) is 6.54 Å². The molecule has 0 saturated heterocycles. The van der Waals surface area contributed by atoms with Crippen LogP contribution in [0.5, 0.6) is 0 Å². The second kappa shape index (κ2) is 5.60. The minimum absolute atomic E-state index is 0.0931. The Labute approximate surface area is 117 Å². The van der Waals surface area contributed by atoms with Gasteiger partial charge >= 0.3 is 0 Å². The van der Waals surface area contributed by atoms with Crippen LogP contribution in [0.25, 0.3) is 0 Å². The van der Waals surface area contributed by atoms with E-state index in [1.54, 1.807) is 18.2 Å². The maximum Gasteiger partial charge on any atom is 0.231 e. The Hall–Kier alpha value is -1.57. The molecule has 0 bridgehead atoms. The highest BCUT2D eigenvalue weighted by Crippen LogP contribution is 2.38. The summed E-state index contributed by atoms with van der Waals surface area (Å²) in [6.07, 6.45) is 3.67. The van der Waals surface area contributed by atoms with E-state index >= 15 is 0 Å². The van der Waals surface area contributed by atoms with Gasteiger partial charge in [0.25, 0.3) is 0 Å². The Morgan fingerprint density at radius 1 is 1.47 bits per heavy atom. The van der Waals surface area contributed by atoms with Crippen molar-refractivity contribution in [1.82, 2.24) is 0 Å². The van der Waals surface area contributed by atoms with Gasteiger partial charge in [0.1, 0.15) is 0 Å². The number of hydrogen-bond acceptors (Lipinski definition) is 3. The molecule has 19 heavy (non-hydrogen) atoms. The molecule has 3 N–H and O–H groups in total. The predicted octanol–water partition coefficient (Wildman–Crippen LogP) is 2.67. The SMILES string of the molecule is N#Cc1ccc(Cl)c(NC(=O)C2(CN)CCCC2)c1. The van der Waals surface area contributed by atoms with E-state index < -0.39 is 5.41 Å². The number of halogens is 1. The van der Waals surface area contributed by atoms with E-state index in [-0.39, 0.29) is 5.91 Å². The number of amides is 1. The monoisotopic (exact) mass is 277 g/mol. The molecule has 1 aliphatic rings. The predicted molar refractivity (Wildman–Crippen MR) is 74.8 cm³/mol. The molecule has 100 valence electrons. The first-order chi connectivity index (χ1) is 9.11. The van der Waals surface area contributed by atoms with Crippen LogP contribution in [-0.4, -0.2) is 12.5 Å². The Balaban J connectivity index is 2.21. The van der Waals surface area contributed by atoms with Gasteiger partial charge < -0.3 is 11.1 Å². The van der Waals surface area contributed by atoms with E-state index in [1.165, 1.54) is 0 Å². The van der Waals surface area contributed by atoms with Crippen molar-refractivity contribution < 1.29 is 4.79 Å². The van der Waals surface area contributed by atoms with Crippen molar-refractivity contribution in [3.05, 3.63) is 28.8 Å². The number of nitriles is 1. The van der Waals surface area contributed by atoms with Crippen LogP contribution < -0.4 is 11.1 Å². The lowest BCUT2D eigenvalue weighted by Crippen LogP contribution is -2.40. The summed E-state index contributed by atoms with van der Waals surface area (Å²) >= 11 is 6.04. The van der Waals surface area contributed by atoms with E-state index in [0.29, 0.717) is 22.8 Å². The molecule has 1 aromatic rings. The van der Waals surface area contributed by atoms with Crippen molar-refractivity contribution in [2.24, 2.45) is 11.1 Å². The third-order valence-electron chi connectivity index (χ3n) is 3.78. The molecule has 0 aromatic heterocycles. The topological polar surface area (TPSA) is 78.9 Å². The molecule has 5 heteroatoms. The van der Waals surface area contributed by atoms with E-state index in [4.69, 9.17) is 22.6 Å². The zero-order chi connectivity index (χ0) is 13.9. The second-order valence-electron chi connectivity index (χ2n) is 4.95. The third-order valence-corrected chi connectivity index (χ3v) is 4.11. The average molecular weight is 278 g/mol. The molecule has 0 heterocycles. The number of nitrogens with zero attached hydrogens (tertiary/aromatic N) is 1. The molecular weight excluding hydrogens is 262 g/mol. The first kappa shape index (κ1) is 13.9. The van der Waals surface area contributed by atoms with Crippen molar-refractivity contribution in [1.29, 1.82) is 5.26 Å². The average Bonchev–Trinajstić information content (AvgIpc) is 2.91. The van der Waals surface area contributed by atoms with Gasteiger partial charge in [-0.25, -0.2) is 0 Å². The van der Waals surface area contributed by atoms with Crippen LogP contribution in [-0.2, 0) is 4.79 Å². The smallest absolute Gasteiger partial charge is 0.231 e. The van der Waals surface area contributed by atoms with Crippen LogP contribution in [0.4, 0.5) is 5.69 Å². The summed E-state index contributed by atoms with van der Waals surface area (Å²) in [7, 11) is 0. The maximum atomic E-state index is 12.4. The Kier molecular flexibility index (Phi) is 4.08. The number of carbonyl (C=O) groups is 1. The molecule has 0 aliphatic heterocycles. The van der Waals surface area contributed by atoms with Crippen molar-refractivity contribution in [2.45, 2.75) is 25.7 Å². The first-order valence-electron chi connectivity index (χ1n) is 6.32. The Morgan fingerprint density at radius 3 is 2.74 bits per heavy atom. The fraction of sp³-hybridized carbons (Fsp3) is 0.429. The summed E-state index contributed by atoms with van der Waals surface area (Å²) in [5, 5.41) is 12.1. The normalized spacial score (nSPS) is 16.9. The van der Waals surface area contributed by atoms with Gasteiger partial charge in [-0.2, -0.15) is 5.26 Å². The maximum absolute atomic E-state index is 12.4. The number of nitrogens with two attached hydrogens (primary N) is 1. The molecule has 1 fully saturated rings. The molecule has 1 saturated carbocycles. The number of hydrogen-bond donors (Lipinski definition) is 2. The summed E-state index contributed by atoms with van der Waals surface area (Å²) < 4.78 is 0. The Bertz CT molecular complexity index is 530. The lowest BCUT2D eigenvalue weighted by Gasteiger charge is -2.26. The summed E-state index contributed by atoms with van der Waals surface area (Å²) in [5.41, 5.74) is 6.23. The number of nitrogens with one attached hydrogen (secondary N) is 1. The van der Waals surface area contributed by atoms with Gasteiger partial charge in [-0.1, -0.05) is 24.4 Å². The van der Waals surface area contributed by atoms with Crippen molar-refractivity contribution in [2.75, 3.05) is 11.9 Å². The first-order valence-corrected chi connectivity index (χ1v) is 6.70. The third kappa shape index (κ3) is 2.73. The van der Waals surface area contributed by atoms with Crippen molar-refractivity contribution in [3.63, 3.8) is 0 Å². The lowest BCUT2D eigenvalue weighted by molar-refractivity contribution is -0.124. The van der Waals surface area contributed by atoms with E-state index in [0.717, 1.165) is 25.7 Å². The van der Waals surface area contributed by atoms with Crippen LogP contribution in [0.3, 0.4) is 0 Å². The zero-order valence-electron chi connectivity index (χ0n) is 10.6. The van der Waals surface area contributed by atoms with Gasteiger partial charge in [0.05, 0.1) is 27.8 Å². The van der Waals surface area contributed by atoms with Crippen LogP contribution in [0, 0.1) is 16.7 Å². The van der Waals surface area contributed by atoms with Crippen LogP contribution in [0.15, 0.2) is 18.2 Å². The van der Waals surface area contributed by atoms with E-state index in [2.05, 4.69) is 5.32 Å². The molecule has 1 aromatic carbocycles. The highest BCUT2D eigenvalue weighted by atomic mass is 35.5. The summed E-state index contributed by atoms with van der Waals surface area (Å²) in [6.45, 7) is 0.342. The molecular formula is C14H16ClN3O. The minimum Gasteiger partial charge on any atom is -0.329 e. The van der Waals surface area contributed by atoms with Crippen molar-refractivity contribution in [3.8, 4) is 6.07 Å².